The number of aliphatic carboxylic acids is 1. The average Bonchev–Trinajstić information content (AvgIpc) is 2.80. The number of carboxylic acids is 1. The van der Waals surface area contributed by atoms with Crippen LogP contribution in [0.3, 0.4) is 0 Å². The second-order valence-corrected chi connectivity index (χ2v) is 4.72. The molecule has 0 radical (unpaired) electrons. The Bertz CT molecular complexity index is 424. The number of para-hydroxylation sites is 1. The van der Waals surface area contributed by atoms with E-state index >= 15 is 0 Å². The summed E-state index contributed by atoms with van der Waals surface area (Å²) < 4.78 is 5.56. The number of ether oxygens (including phenoxy) is 1. The molecule has 0 aliphatic carbocycles. The van der Waals surface area contributed by atoms with Crippen molar-refractivity contribution >= 4 is 17.6 Å². The van der Waals surface area contributed by atoms with Crippen molar-refractivity contribution in [1.29, 1.82) is 0 Å². The Labute approximate surface area is 111 Å². The zero-order chi connectivity index (χ0) is 13.0. The summed E-state index contributed by atoms with van der Waals surface area (Å²) in [4.78, 5) is 12.9. The molecule has 0 bridgehead atoms. The molecule has 98 valence electrons. The van der Waals surface area contributed by atoms with Crippen LogP contribution in [-0.4, -0.2) is 41.7 Å². The summed E-state index contributed by atoms with van der Waals surface area (Å²) in [5, 5.41) is 9.62. The van der Waals surface area contributed by atoms with Crippen molar-refractivity contribution in [3.63, 3.8) is 0 Å². The first-order valence-corrected chi connectivity index (χ1v) is 6.40. The van der Waals surface area contributed by atoms with E-state index in [1.54, 1.807) is 12.1 Å². The highest BCUT2D eigenvalue weighted by atomic mass is 35.5. The van der Waals surface area contributed by atoms with Crippen molar-refractivity contribution in [3.05, 3.63) is 29.3 Å². The van der Waals surface area contributed by atoms with Gasteiger partial charge in [0.1, 0.15) is 18.4 Å². The third-order valence-corrected chi connectivity index (χ3v) is 3.43. The molecule has 0 aromatic heterocycles. The Balaban J connectivity index is 1.82. The summed E-state index contributed by atoms with van der Waals surface area (Å²) >= 11 is 5.97. The molecule has 1 heterocycles. The van der Waals surface area contributed by atoms with Crippen molar-refractivity contribution in [1.82, 2.24) is 4.90 Å². The van der Waals surface area contributed by atoms with E-state index in [-0.39, 0.29) is 6.04 Å². The molecule has 4 nitrogen and oxygen atoms in total. The highest BCUT2D eigenvalue weighted by molar-refractivity contribution is 6.32. The fraction of sp³-hybridized carbons (Fsp3) is 0.462. The maximum atomic E-state index is 11.0. The van der Waals surface area contributed by atoms with E-state index in [1.807, 2.05) is 17.0 Å². The number of nitrogens with zero attached hydrogens (tertiary/aromatic N) is 1. The van der Waals surface area contributed by atoms with Crippen molar-refractivity contribution < 1.29 is 14.6 Å². The van der Waals surface area contributed by atoms with Gasteiger partial charge in [0.15, 0.2) is 0 Å². The van der Waals surface area contributed by atoms with Gasteiger partial charge in [-0.25, -0.2) is 0 Å². The van der Waals surface area contributed by atoms with Crippen LogP contribution in [0.1, 0.15) is 12.8 Å². The number of likely N-dealkylation sites (tertiary alicyclic amines) is 1. The monoisotopic (exact) mass is 269 g/mol. The van der Waals surface area contributed by atoms with Gasteiger partial charge in [-0.05, 0) is 31.5 Å². The molecule has 0 spiro atoms. The Kier molecular flexibility index (Phi) is 4.44. The van der Waals surface area contributed by atoms with Crippen LogP contribution in [-0.2, 0) is 4.79 Å². The lowest BCUT2D eigenvalue weighted by Gasteiger charge is -2.21. The zero-order valence-corrected chi connectivity index (χ0v) is 10.8. The quantitative estimate of drug-likeness (QED) is 0.891. The minimum atomic E-state index is -0.745. The van der Waals surface area contributed by atoms with E-state index in [1.165, 1.54) is 0 Å². The summed E-state index contributed by atoms with van der Waals surface area (Å²) in [6, 6.07) is 6.92. The fourth-order valence-electron chi connectivity index (χ4n) is 2.21. The average molecular weight is 270 g/mol. The van der Waals surface area contributed by atoms with Crippen molar-refractivity contribution in [2.24, 2.45) is 0 Å². The normalized spacial score (nSPS) is 19.9. The van der Waals surface area contributed by atoms with Crippen LogP contribution in [0, 0.1) is 0 Å². The molecule has 1 fully saturated rings. The van der Waals surface area contributed by atoms with Crippen LogP contribution in [0.25, 0.3) is 0 Å². The molecule has 1 aliphatic rings. The Hall–Kier alpha value is -1.26. The molecule has 18 heavy (non-hydrogen) atoms. The lowest BCUT2D eigenvalue weighted by molar-refractivity contribution is -0.142. The molecular formula is C13H16ClNO3. The molecule has 0 saturated carbocycles. The van der Waals surface area contributed by atoms with Gasteiger partial charge in [0.05, 0.1) is 5.02 Å². The van der Waals surface area contributed by atoms with Crippen LogP contribution in [0.4, 0.5) is 0 Å². The summed E-state index contributed by atoms with van der Waals surface area (Å²) in [5.41, 5.74) is 0. The van der Waals surface area contributed by atoms with Crippen molar-refractivity contribution in [2.75, 3.05) is 19.7 Å². The third kappa shape index (κ3) is 3.15. The predicted octanol–water partition coefficient (Wildman–Crippen LogP) is 2.27. The molecule has 2 rings (SSSR count). The number of rotatable bonds is 5. The number of carbonyl (C=O) groups is 1. The minimum absolute atomic E-state index is 0.361. The van der Waals surface area contributed by atoms with E-state index in [0.29, 0.717) is 23.9 Å². The Morgan fingerprint density at radius 1 is 1.50 bits per heavy atom. The Morgan fingerprint density at radius 3 is 3.00 bits per heavy atom. The number of benzene rings is 1. The number of carboxylic acid groups (broad SMARTS) is 1. The SMILES string of the molecule is O=C(O)C1CCCN1CCOc1ccccc1Cl. The molecule has 1 unspecified atom stereocenters. The van der Waals surface area contributed by atoms with Gasteiger partial charge in [0, 0.05) is 6.54 Å². The topological polar surface area (TPSA) is 49.8 Å². The van der Waals surface area contributed by atoms with Gasteiger partial charge in [-0.2, -0.15) is 0 Å². The first-order valence-electron chi connectivity index (χ1n) is 6.02. The molecule has 5 heteroatoms. The summed E-state index contributed by atoms with van der Waals surface area (Å²) in [5.74, 6) is -0.101. The molecule has 1 saturated heterocycles. The van der Waals surface area contributed by atoms with Gasteiger partial charge in [-0.3, -0.25) is 9.69 Å². The number of halogens is 1. The fourth-order valence-corrected chi connectivity index (χ4v) is 2.40. The molecule has 1 aromatic rings. The molecule has 1 atom stereocenters. The van der Waals surface area contributed by atoms with Crippen LogP contribution >= 0.6 is 11.6 Å². The van der Waals surface area contributed by atoms with E-state index in [4.69, 9.17) is 21.4 Å². The Morgan fingerprint density at radius 2 is 2.28 bits per heavy atom. The van der Waals surface area contributed by atoms with Crippen molar-refractivity contribution in [2.45, 2.75) is 18.9 Å². The van der Waals surface area contributed by atoms with E-state index < -0.39 is 5.97 Å². The van der Waals surface area contributed by atoms with Crippen molar-refractivity contribution in [3.8, 4) is 5.75 Å². The molecule has 0 amide bonds. The zero-order valence-electron chi connectivity index (χ0n) is 10.0. The third-order valence-electron chi connectivity index (χ3n) is 3.12. The predicted molar refractivity (Wildman–Crippen MR) is 69.2 cm³/mol. The van der Waals surface area contributed by atoms with Gasteiger partial charge in [-0.1, -0.05) is 23.7 Å². The minimum Gasteiger partial charge on any atom is -0.491 e. The van der Waals surface area contributed by atoms with Gasteiger partial charge in [0.2, 0.25) is 0 Å². The molecule has 1 N–H and O–H groups in total. The second-order valence-electron chi connectivity index (χ2n) is 4.31. The van der Waals surface area contributed by atoms with Crippen LogP contribution in [0.2, 0.25) is 5.02 Å². The summed E-state index contributed by atoms with van der Waals surface area (Å²) in [6.45, 7) is 1.89. The van der Waals surface area contributed by atoms with Gasteiger partial charge in [0.25, 0.3) is 0 Å². The van der Waals surface area contributed by atoms with E-state index in [0.717, 1.165) is 19.4 Å². The first-order chi connectivity index (χ1) is 8.68. The second kappa shape index (κ2) is 6.07. The van der Waals surface area contributed by atoms with Gasteiger partial charge >= 0.3 is 5.97 Å². The summed E-state index contributed by atoms with van der Waals surface area (Å²) in [6.07, 6.45) is 1.66. The largest absolute Gasteiger partial charge is 0.491 e. The molecule has 1 aliphatic heterocycles. The van der Waals surface area contributed by atoms with Crippen LogP contribution in [0.5, 0.6) is 5.75 Å². The molecular weight excluding hydrogens is 254 g/mol. The van der Waals surface area contributed by atoms with Gasteiger partial charge in [-0.15, -0.1) is 0 Å². The lowest BCUT2D eigenvalue weighted by Crippen LogP contribution is -2.38. The highest BCUT2D eigenvalue weighted by Gasteiger charge is 2.29. The smallest absolute Gasteiger partial charge is 0.320 e. The maximum absolute atomic E-state index is 11.0. The number of hydrogen-bond acceptors (Lipinski definition) is 3. The number of hydrogen-bond donors (Lipinski definition) is 1. The van der Waals surface area contributed by atoms with E-state index in [2.05, 4.69) is 0 Å². The van der Waals surface area contributed by atoms with Gasteiger partial charge < -0.3 is 9.84 Å². The summed E-state index contributed by atoms with van der Waals surface area (Å²) in [7, 11) is 0. The standard InChI is InChI=1S/C13H16ClNO3/c14-10-4-1-2-6-12(10)18-9-8-15-7-3-5-11(15)13(16)17/h1-2,4,6,11H,3,5,7-9H2,(H,16,17). The highest BCUT2D eigenvalue weighted by Crippen LogP contribution is 2.23. The van der Waals surface area contributed by atoms with E-state index in [9.17, 15) is 4.79 Å². The molecule has 1 aromatic carbocycles. The maximum Gasteiger partial charge on any atom is 0.320 e. The van der Waals surface area contributed by atoms with Crippen LogP contribution < -0.4 is 4.74 Å². The van der Waals surface area contributed by atoms with Crippen LogP contribution in [0.15, 0.2) is 24.3 Å². The lowest BCUT2D eigenvalue weighted by atomic mass is 10.2. The first kappa shape index (κ1) is 13.2.